The molecule has 0 unspecified atom stereocenters. The number of fused-ring (bicyclic) bond motifs is 1. The maximum absolute atomic E-state index is 12.3. The minimum absolute atomic E-state index is 0.106. The maximum Gasteiger partial charge on any atom is 0.387 e. The Morgan fingerprint density at radius 1 is 1.15 bits per heavy atom. The molecule has 8 heteroatoms. The van der Waals surface area contributed by atoms with Crippen LogP contribution >= 0.6 is 11.6 Å². The molecule has 1 aromatic heterocycles. The van der Waals surface area contributed by atoms with Crippen molar-refractivity contribution >= 4 is 23.2 Å². The third-order valence-corrected chi connectivity index (χ3v) is 4.22. The highest BCUT2D eigenvalue weighted by atomic mass is 35.5. The van der Waals surface area contributed by atoms with Crippen LogP contribution in [0.1, 0.15) is 17.2 Å². The molecule has 132 valence electrons. The first-order valence-electron chi connectivity index (χ1n) is 7.79. The fraction of sp³-hybridized carbons (Fsp3) is 0.111. The Bertz CT molecular complexity index is 956. The van der Waals surface area contributed by atoms with E-state index in [1.165, 1.54) is 18.5 Å². The summed E-state index contributed by atoms with van der Waals surface area (Å²) in [6.45, 7) is -2.85. The van der Waals surface area contributed by atoms with Crippen LogP contribution in [0.4, 0.5) is 14.7 Å². The van der Waals surface area contributed by atoms with E-state index in [2.05, 4.69) is 20.1 Å². The van der Waals surface area contributed by atoms with Gasteiger partial charge in [-0.25, -0.2) is 4.68 Å². The van der Waals surface area contributed by atoms with Gasteiger partial charge in [-0.1, -0.05) is 23.7 Å². The van der Waals surface area contributed by atoms with Crippen molar-refractivity contribution in [2.24, 2.45) is 0 Å². The van der Waals surface area contributed by atoms with Gasteiger partial charge in [-0.05, 0) is 53.6 Å². The second-order valence-corrected chi connectivity index (χ2v) is 6.07. The molecule has 0 amide bonds. The normalized spacial score (nSPS) is 16.0. The van der Waals surface area contributed by atoms with Gasteiger partial charge < -0.3 is 10.1 Å². The van der Waals surface area contributed by atoms with Crippen molar-refractivity contribution in [1.82, 2.24) is 14.8 Å². The average Bonchev–Trinajstić information content (AvgIpc) is 3.09. The fourth-order valence-electron chi connectivity index (χ4n) is 2.85. The predicted octanol–water partition coefficient (Wildman–Crippen LogP) is 4.59. The van der Waals surface area contributed by atoms with Gasteiger partial charge in [0.2, 0.25) is 5.95 Å². The zero-order valence-electron chi connectivity index (χ0n) is 13.3. The Hall–Kier alpha value is -2.93. The average molecular weight is 375 g/mol. The van der Waals surface area contributed by atoms with Crippen LogP contribution in [0.3, 0.4) is 0 Å². The summed E-state index contributed by atoms with van der Waals surface area (Å²) in [4.78, 5) is 4.23. The van der Waals surface area contributed by atoms with E-state index >= 15 is 0 Å². The van der Waals surface area contributed by atoms with Crippen LogP contribution in [0.2, 0.25) is 5.02 Å². The number of benzene rings is 2. The Morgan fingerprint density at radius 2 is 1.96 bits per heavy atom. The van der Waals surface area contributed by atoms with Crippen LogP contribution in [0.5, 0.6) is 5.75 Å². The van der Waals surface area contributed by atoms with E-state index in [1.807, 2.05) is 24.3 Å². The minimum atomic E-state index is -2.85. The molecular formula is C18H13ClF2N4O. The van der Waals surface area contributed by atoms with E-state index in [9.17, 15) is 8.78 Å². The third kappa shape index (κ3) is 3.25. The lowest BCUT2D eigenvalue weighted by Crippen LogP contribution is -2.20. The van der Waals surface area contributed by atoms with Gasteiger partial charge in [0.15, 0.2) is 0 Å². The van der Waals surface area contributed by atoms with Crippen molar-refractivity contribution in [3.63, 3.8) is 0 Å². The van der Waals surface area contributed by atoms with Gasteiger partial charge in [-0.2, -0.15) is 18.9 Å². The summed E-state index contributed by atoms with van der Waals surface area (Å²) < 4.78 is 30.7. The first kappa shape index (κ1) is 16.5. The van der Waals surface area contributed by atoms with E-state index in [-0.39, 0.29) is 11.8 Å². The molecular weight excluding hydrogens is 362 g/mol. The number of halogens is 3. The number of ether oxygens (including phenoxy) is 1. The van der Waals surface area contributed by atoms with E-state index in [1.54, 1.807) is 22.9 Å². The summed E-state index contributed by atoms with van der Waals surface area (Å²) in [5.41, 5.74) is 2.56. The zero-order valence-corrected chi connectivity index (χ0v) is 14.1. The minimum Gasteiger partial charge on any atom is -0.435 e. The first-order valence-corrected chi connectivity index (χ1v) is 8.17. The number of hydrogen-bond donors (Lipinski definition) is 1. The van der Waals surface area contributed by atoms with Crippen LogP contribution in [0.15, 0.2) is 60.9 Å². The summed E-state index contributed by atoms with van der Waals surface area (Å²) in [5.74, 6) is 0.690. The predicted molar refractivity (Wildman–Crippen MR) is 94.3 cm³/mol. The molecule has 4 rings (SSSR count). The van der Waals surface area contributed by atoms with E-state index in [0.717, 1.165) is 16.8 Å². The van der Waals surface area contributed by atoms with Gasteiger partial charge in [0.25, 0.3) is 0 Å². The highest BCUT2D eigenvalue weighted by Gasteiger charge is 2.23. The van der Waals surface area contributed by atoms with Crippen molar-refractivity contribution in [2.45, 2.75) is 12.7 Å². The van der Waals surface area contributed by atoms with Crippen LogP contribution in [-0.4, -0.2) is 21.4 Å². The van der Waals surface area contributed by atoms with E-state index in [0.29, 0.717) is 11.0 Å². The highest BCUT2D eigenvalue weighted by Crippen LogP contribution is 2.33. The van der Waals surface area contributed by atoms with Gasteiger partial charge in [0.1, 0.15) is 18.1 Å². The maximum atomic E-state index is 12.3. The fourth-order valence-corrected chi connectivity index (χ4v) is 3.04. The number of aromatic nitrogens is 3. The number of anilines is 1. The third-order valence-electron chi connectivity index (χ3n) is 3.99. The monoisotopic (exact) mass is 374 g/mol. The van der Waals surface area contributed by atoms with E-state index < -0.39 is 6.61 Å². The SMILES string of the molecule is FC(F)Oc1ccc(C2=C[C@H](c3cccc(Cl)c3)n3ncnc3N2)cc1. The van der Waals surface area contributed by atoms with E-state index in [4.69, 9.17) is 11.6 Å². The highest BCUT2D eigenvalue weighted by molar-refractivity contribution is 6.30. The molecule has 26 heavy (non-hydrogen) atoms. The van der Waals surface area contributed by atoms with Crippen LogP contribution in [-0.2, 0) is 0 Å². The van der Waals surface area contributed by atoms with Crippen LogP contribution < -0.4 is 10.1 Å². The lowest BCUT2D eigenvalue weighted by molar-refractivity contribution is -0.0498. The second kappa shape index (κ2) is 6.76. The summed E-state index contributed by atoms with van der Waals surface area (Å²) in [6.07, 6.45) is 3.45. The molecule has 0 saturated heterocycles. The number of allylic oxidation sites excluding steroid dienone is 1. The molecule has 2 heterocycles. The zero-order chi connectivity index (χ0) is 18.1. The van der Waals surface area contributed by atoms with Crippen molar-refractivity contribution < 1.29 is 13.5 Å². The second-order valence-electron chi connectivity index (χ2n) is 5.64. The lowest BCUT2D eigenvalue weighted by atomic mass is 10.0. The first-order chi connectivity index (χ1) is 12.6. The molecule has 5 nitrogen and oxygen atoms in total. The number of nitrogens with one attached hydrogen (secondary N) is 1. The van der Waals surface area contributed by atoms with Crippen LogP contribution in [0, 0.1) is 0 Å². The molecule has 1 N–H and O–H groups in total. The summed E-state index contributed by atoms with van der Waals surface area (Å²) in [6, 6.07) is 13.7. The van der Waals surface area contributed by atoms with Crippen LogP contribution in [0.25, 0.3) is 5.70 Å². The molecule has 2 aromatic carbocycles. The summed E-state index contributed by atoms with van der Waals surface area (Å²) >= 11 is 6.12. The molecule has 0 spiro atoms. The number of hydrogen-bond acceptors (Lipinski definition) is 4. The van der Waals surface area contributed by atoms with Crippen molar-refractivity contribution in [2.75, 3.05) is 5.32 Å². The molecule has 0 bridgehead atoms. The number of alkyl halides is 2. The van der Waals surface area contributed by atoms with Gasteiger partial charge in [-0.3, -0.25) is 0 Å². The Balaban J connectivity index is 1.70. The number of rotatable bonds is 4. The Labute approximate surface area is 152 Å². The lowest BCUT2D eigenvalue weighted by Gasteiger charge is -2.24. The quantitative estimate of drug-likeness (QED) is 0.725. The van der Waals surface area contributed by atoms with Crippen molar-refractivity contribution in [1.29, 1.82) is 0 Å². The molecule has 1 aliphatic heterocycles. The van der Waals surface area contributed by atoms with Crippen molar-refractivity contribution in [3.05, 3.63) is 77.1 Å². The largest absolute Gasteiger partial charge is 0.435 e. The smallest absolute Gasteiger partial charge is 0.387 e. The molecule has 0 radical (unpaired) electrons. The van der Waals surface area contributed by atoms with Gasteiger partial charge in [0.05, 0.1) is 0 Å². The number of nitrogens with zero attached hydrogens (tertiary/aromatic N) is 3. The molecule has 0 fully saturated rings. The topological polar surface area (TPSA) is 52.0 Å². The van der Waals surface area contributed by atoms with Gasteiger partial charge in [-0.15, -0.1) is 0 Å². The standard InChI is InChI=1S/C18H13ClF2N4O/c19-13-3-1-2-12(8-13)16-9-15(24-18-22-10-23-25(16)18)11-4-6-14(7-5-11)26-17(20)21/h1-10,16-17H,(H,22,23,24)/t16-/m1/s1. The molecule has 0 saturated carbocycles. The molecule has 0 aliphatic carbocycles. The van der Waals surface area contributed by atoms with Gasteiger partial charge in [0, 0.05) is 10.7 Å². The van der Waals surface area contributed by atoms with Crippen molar-refractivity contribution in [3.8, 4) is 5.75 Å². The Kier molecular flexibility index (Phi) is 4.30. The summed E-state index contributed by atoms with van der Waals surface area (Å²) in [7, 11) is 0. The Morgan fingerprint density at radius 3 is 2.69 bits per heavy atom. The summed E-state index contributed by atoms with van der Waals surface area (Å²) in [5, 5.41) is 8.10. The molecule has 1 aliphatic rings. The molecule has 1 atom stereocenters. The molecule has 3 aromatic rings. The van der Waals surface area contributed by atoms with Gasteiger partial charge >= 0.3 is 6.61 Å².